The summed E-state index contributed by atoms with van der Waals surface area (Å²) >= 11 is 6.01. The molecule has 0 bridgehead atoms. The average molecular weight is 240 g/mol. The second-order valence-corrected chi connectivity index (χ2v) is 5.11. The van der Waals surface area contributed by atoms with E-state index in [1.165, 1.54) is 0 Å². The van der Waals surface area contributed by atoms with Gasteiger partial charge in [0.15, 0.2) is 5.96 Å². The lowest BCUT2D eigenvalue weighted by Crippen LogP contribution is -2.27. The third-order valence-electron chi connectivity index (χ3n) is 1.99. The van der Waals surface area contributed by atoms with Crippen LogP contribution in [0, 0.1) is 6.92 Å². The maximum atomic E-state index is 6.01. The van der Waals surface area contributed by atoms with Crippen LogP contribution in [0.15, 0.2) is 23.2 Å². The van der Waals surface area contributed by atoms with Gasteiger partial charge in [-0.1, -0.05) is 17.7 Å². The normalized spacial score (nSPS) is 12.7. The molecule has 0 saturated heterocycles. The van der Waals surface area contributed by atoms with Gasteiger partial charge in [0.25, 0.3) is 0 Å². The van der Waals surface area contributed by atoms with Gasteiger partial charge in [0.2, 0.25) is 0 Å². The van der Waals surface area contributed by atoms with Crippen LogP contribution in [0.3, 0.4) is 0 Å². The number of halogens is 1. The van der Waals surface area contributed by atoms with Crippen molar-refractivity contribution in [2.24, 2.45) is 10.7 Å². The maximum Gasteiger partial charge on any atom is 0.193 e. The summed E-state index contributed by atoms with van der Waals surface area (Å²) in [6.45, 7) is 7.92. The molecule has 1 rings (SSSR count). The molecular formula is C12H18ClN3. The number of nitrogens with two attached hydrogens (primary N) is 1. The van der Waals surface area contributed by atoms with Gasteiger partial charge in [-0.05, 0) is 45.4 Å². The predicted octanol–water partition coefficient (Wildman–Crippen LogP) is 3.17. The molecule has 3 N–H and O–H groups in total. The van der Waals surface area contributed by atoms with Crippen LogP contribution in [0.4, 0.5) is 5.69 Å². The number of nitrogens with zero attached hydrogens (tertiary/aromatic N) is 1. The highest BCUT2D eigenvalue weighted by Gasteiger charge is 2.09. The third-order valence-corrected chi connectivity index (χ3v) is 2.40. The van der Waals surface area contributed by atoms with Crippen LogP contribution >= 0.6 is 11.6 Å². The molecule has 16 heavy (non-hydrogen) atoms. The number of hydrogen-bond acceptors (Lipinski definition) is 1. The second-order valence-electron chi connectivity index (χ2n) is 4.71. The second kappa shape index (κ2) is 4.74. The van der Waals surface area contributed by atoms with E-state index in [1.54, 1.807) is 0 Å². The summed E-state index contributed by atoms with van der Waals surface area (Å²) in [7, 11) is 0. The van der Waals surface area contributed by atoms with Crippen molar-refractivity contribution in [1.82, 2.24) is 0 Å². The lowest BCUT2D eigenvalue weighted by molar-refractivity contribution is 0.583. The zero-order valence-electron chi connectivity index (χ0n) is 10.1. The highest BCUT2D eigenvalue weighted by molar-refractivity contribution is 6.31. The summed E-state index contributed by atoms with van der Waals surface area (Å²) in [5, 5.41) is 3.77. The fourth-order valence-corrected chi connectivity index (χ4v) is 1.44. The smallest absolute Gasteiger partial charge is 0.193 e. The Morgan fingerprint density at radius 2 is 2.00 bits per heavy atom. The molecule has 0 aliphatic heterocycles. The Morgan fingerprint density at radius 3 is 2.56 bits per heavy atom. The number of rotatable bonds is 1. The van der Waals surface area contributed by atoms with Crippen molar-refractivity contribution in [2.45, 2.75) is 33.2 Å². The minimum absolute atomic E-state index is 0.191. The van der Waals surface area contributed by atoms with Crippen molar-refractivity contribution in [3.05, 3.63) is 28.8 Å². The van der Waals surface area contributed by atoms with E-state index in [9.17, 15) is 0 Å². The SMILES string of the molecule is Cc1c(Cl)cccc1NC(N)=NC(C)(C)C. The molecule has 3 nitrogen and oxygen atoms in total. The molecule has 0 atom stereocenters. The van der Waals surface area contributed by atoms with Crippen LogP contribution in [0.1, 0.15) is 26.3 Å². The first kappa shape index (κ1) is 12.8. The maximum absolute atomic E-state index is 6.01. The van der Waals surface area contributed by atoms with Crippen LogP contribution in [0.2, 0.25) is 5.02 Å². The average Bonchev–Trinajstić information content (AvgIpc) is 2.09. The first-order valence-electron chi connectivity index (χ1n) is 5.17. The summed E-state index contributed by atoms with van der Waals surface area (Å²) in [6, 6.07) is 5.65. The van der Waals surface area contributed by atoms with E-state index in [0.29, 0.717) is 11.0 Å². The minimum atomic E-state index is -0.191. The molecule has 0 spiro atoms. The molecule has 0 heterocycles. The van der Waals surface area contributed by atoms with E-state index in [0.717, 1.165) is 11.3 Å². The Labute approximate surface area is 102 Å². The first-order valence-corrected chi connectivity index (χ1v) is 5.55. The molecule has 0 fully saturated rings. The summed E-state index contributed by atoms with van der Waals surface area (Å²) in [5.74, 6) is 0.401. The lowest BCUT2D eigenvalue weighted by Gasteiger charge is -2.15. The molecule has 88 valence electrons. The van der Waals surface area contributed by atoms with E-state index >= 15 is 0 Å². The van der Waals surface area contributed by atoms with Crippen LogP contribution in [-0.4, -0.2) is 11.5 Å². The molecule has 0 aliphatic carbocycles. The van der Waals surface area contributed by atoms with Crippen molar-refractivity contribution < 1.29 is 0 Å². The van der Waals surface area contributed by atoms with E-state index < -0.39 is 0 Å². The van der Waals surface area contributed by atoms with Crippen molar-refractivity contribution in [3.8, 4) is 0 Å². The molecule has 0 aliphatic rings. The molecule has 1 aromatic carbocycles. The first-order chi connectivity index (χ1) is 7.29. The third kappa shape index (κ3) is 3.74. The van der Waals surface area contributed by atoms with Gasteiger partial charge in [-0.3, -0.25) is 0 Å². The highest BCUT2D eigenvalue weighted by Crippen LogP contribution is 2.22. The molecule has 0 radical (unpaired) electrons. The number of anilines is 1. The molecule has 0 aromatic heterocycles. The van der Waals surface area contributed by atoms with Crippen LogP contribution in [0.5, 0.6) is 0 Å². The van der Waals surface area contributed by atoms with Gasteiger partial charge in [0.1, 0.15) is 0 Å². The minimum Gasteiger partial charge on any atom is -0.370 e. The predicted molar refractivity (Wildman–Crippen MR) is 71.2 cm³/mol. The fourth-order valence-electron chi connectivity index (χ4n) is 1.27. The van der Waals surface area contributed by atoms with Gasteiger partial charge in [0.05, 0.1) is 5.54 Å². The molecule has 0 amide bonds. The van der Waals surface area contributed by atoms with Crippen LogP contribution < -0.4 is 11.1 Å². The van der Waals surface area contributed by atoms with E-state index in [2.05, 4.69) is 10.3 Å². The van der Waals surface area contributed by atoms with Crippen molar-refractivity contribution in [1.29, 1.82) is 0 Å². The van der Waals surface area contributed by atoms with Crippen molar-refractivity contribution >= 4 is 23.2 Å². The molecular weight excluding hydrogens is 222 g/mol. The monoisotopic (exact) mass is 239 g/mol. The zero-order chi connectivity index (χ0) is 12.3. The van der Waals surface area contributed by atoms with Gasteiger partial charge in [-0.25, -0.2) is 4.99 Å². The quantitative estimate of drug-likeness (QED) is 0.584. The molecule has 1 aromatic rings. The van der Waals surface area contributed by atoms with Gasteiger partial charge in [-0.2, -0.15) is 0 Å². The lowest BCUT2D eigenvalue weighted by atomic mass is 10.1. The summed E-state index contributed by atoms with van der Waals surface area (Å²) in [6.07, 6.45) is 0. The van der Waals surface area contributed by atoms with Crippen molar-refractivity contribution in [2.75, 3.05) is 5.32 Å². The Bertz CT molecular complexity index is 405. The van der Waals surface area contributed by atoms with Gasteiger partial charge in [0, 0.05) is 10.7 Å². The fraction of sp³-hybridized carbons (Fsp3) is 0.417. The number of hydrogen-bond donors (Lipinski definition) is 2. The van der Waals surface area contributed by atoms with E-state index in [4.69, 9.17) is 17.3 Å². The Hall–Kier alpha value is -1.22. The van der Waals surface area contributed by atoms with Crippen LogP contribution in [-0.2, 0) is 0 Å². The number of nitrogens with one attached hydrogen (secondary N) is 1. The Morgan fingerprint density at radius 1 is 1.38 bits per heavy atom. The van der Waals surface area contributed by atoms with E-state index in [1.807, 2.05) is 45.9 Å². The molecule has 0 unspecified atom stereocenters. The zero-order valence-corrected chi connectivity index (χ0v) is 10.9. The highest BCUT2D eigenvalue weighted by atomic mass is 35.5. The molecule has 4 heteroatoms. The largest absolute Gasteiger partial charge is 0.370 e. The summed E-state index contributed by atoms with van der Waals surface area (Å²) in [4.78, 5) is 4.32. The number of benzene rings is 1. The van der Waals surface area contributed by atoms with E-state index in [-0.39, 0.29) is 5.54 Å². The van der Waals surface area contributed by atoms with Gasteiger partial charge < -0.3 is 11.1 Å². The number of guanidine groups is 1. The molecule has 0 saturated carbocycles. The van der Waals surface area contributed by atoms with Gasteiger partial charge in [-0.15, -0.1) is 0 Å². The standard InChI is InChI=1S/C12H18ClN3/c1-8-9(13)6-5-7-10(8)15-11(14)16-12(2,3)4/h5-7H,1-4H3,(H3,14,15,16). The summed E-state index contributed by atoms with van der Waals surface area (Å²) in [5.41, 5.74) is 7.47. The van der Waals surface area contributed by atoms with Crippen LogP contribution in [0.25, 0.3) is 0 Å². The van der Waals surface area contributed by atoms with Gasteiger partial charge >= 0.3 is 0 Å². The topological polar surface area (TPSA) is 50.4 Å². The summed E-state index contributed by atoms with van der Waals surface area (Å²) < 4.78 is 0. The Kier molecular flexibility index (Phi) is 3.81. The number of aliphatic imine (C=N–C) groups is 1. The van der Waals surface area contributed by atoms with Crippen molar-refractivity contribution in [3.63, 3.8) is 0 Å². The Balaban J connectivity index is 2.90.